The number of nitrogens with zero attached hydrogens (tertiary/aromatic N) is 3. The van der Waals surface area contributed by atoms with Gasteiger partial charge in [-0.15, -0.1) is 11.3 Å². The minimum Gasteiger partial charge on any atom is -0.507 e. The second-order valence-electron chi connectivity index (χ2n) is 5.46. The van der Waals surface area contributed by atoms with Gasteiger partial charge in [0.05, 0.1) is 17.9 Å². The van der Waals surface area contributed by atoms with Crippen LogP contribution in [0.5, 0.6) is 5.75 Å². The summed E-state index contributed by atoms with van der Waals surface area (Å²) in [5, 5.41) is 14.0. The summed E-state index contributed by atoms with van der Waals surface area (Å²) in [7, 11) is 0. The smallest absolute Gasteiger partial charge is 0.262 e. The minimum absolute atomic E-state index is 0.0428. The molecule has 2 aromatic heterocycles. The molecule has 0 saturated carbocycles. The van der Waals surface area contributed by atoms with E-state index in [1.54, 1.807) is 12.1 Å². The van der Waals surface area contributed by atoms with E-state index in [1.807, 2.05) is 13.0 Å². The van der Waals surface area contributed by atoms with Crippen LogP contribution >= 0.6 is 27.3 Å². The van der Waals surface area contributed by atoms with Crippen LogP contribution < -0.4 is 11.0 Å². The van der Waals surface area contributed by atoms with Gasteiger partial charge in [-0.25, -0.2) is 10.4 Å². The average molecular weight is 435 g/mol. The number of carbonyl (C=O) groups is 1. The number of halogens is 1. The molecule has 9 heteroatoms. The second kappa shape index (κ2) is 7.79. The Morgan fingerprint density at radius 1 is 1.46 bits per heavy atom. The van der Waals surface area contributed by atoms with Gasteiger partial charge >= 0.3 is 0 Å². The van der Waals surface area contributed by atoms with Crippen molar-refractivity contribution in [2.45, 2.75) is 19.9 Å². The zero-order valence-electron chi connectivity index (χ0n) is 13.8. The fraction of sp³-hybridized carbons (Fsp3) is 0.176. The van der Waals surface area contributed by atoms with Gasteiger partial charge in [-0.3, -0.25) is 14.2 Å². The Bertz CT molecular complexity index is 1060. The van der Waals surface area contributed by atoms with Crippen LogP contribution in [0.25, 0.3) is 10.2 Å². The number of hydrogen-bond acceptors (Lipinski definition) is 6. The van der Waals surface area contributed by atoms with E-state index in [2.05, 4.69) is 31.4 Å². The van der Waals surface area contributed by atoms with Crippen LogP contribution in [-0.4, -0.2) is 26.8 Å². The second-order valence-corrected chi connectivity index (χ2v) is 7.49. The number of amides is 1. The van der Waals surface area contributed by atoms with Crippen molar-refractivity contribution in [3.63, 3.8) is 0 Å². The zero-order valence-corrected chi connectivity index (χ0v) is 16.2. The normalized spacial score (nSPS) is 11.3. The van der Waals surface area contributed by atoms with Crippen molar-refractivity contribution in [3.05, 3.63) is 55.9 Å². The average Bonchev–Trinajstić information content (AvgIpc) is 3.05. The molecule has 134 valence electrons. The third kappa shape index (κ3) is 4.00. The molecule has 3 rings (SSSR count). The number of aromatic hydroxyl groups is 1. The molecule has 2 N–H and O–H groups in total. The van der Waals surface area contributed by atoms with Gasteiger partial charge in [0.1, 0.15) is 17.1 Å². The summed E-state index contributed by atoms with van der Waals surface area (Å²) in [5.41, 5.74) is 2.53. The zero-order chi connectivity index (χ0) is 18.7. The molecule has 0 aliphatic heterocycles. The van der Waals surface area contributed by atoms with Crippen LogP contribution in [0.2, 0.25) is 0 Å². The SMILES string of the molecule is CCc1cc2c(=O)n(CC(=O)N/N=C/c3cc(Br)ccc3O)cnc2s1. The first-order valence-corrected chi connectivity index (χ1v) is 9.37. The topological polar surface area (TPSA) is 96.6 Å². The lowest BCUT2D eigenvalue weighted by Crippen LogP contribution is -2.29. The standard InChI is InChI=1S/C17H15BrN4O3S/c1-2-12-6-13-16(26-12)19-9-22(17(13)25)8-15(24)21-20-7-10-5-11(18)3-4-14(10)23/h3-7,9,23H,2,8H2,1H3,(H,21,24)/b20-7+. The van der Waals surface area contributed by atoms with Gasteiger partial charge in [-0.05, 0) is 30.7 Å². The molecule has 0 aliphatic rings. The molecule has 0 atom stereocenters. The maximum atomic E-state index is 12.4. The lowest BCUT2D eigenvalue weighted by atomic mass is 10.2. The maximum absolute atomic E-state index is 12.4. The third-order valence-electron chi connectivity index (χ3n) is 3.61. The third-order valence-corrected chi connectivity index (χ3v) is 5.29. The highest BCUT2D eigenvalue weighted by atomic mass is 79.9. The van der Waals surface area contributed by atoms with Gasteiger partial charge < -0.3 is 5.11 Å². The van der Waals surface area contributed by atoms with Gasteiger partial charge in [0.15, 0.2) is 0 Å². The number of nitrogens with one attached hydrogen (secondary N) is 1. The maximum Gasteiger partial charge on any atom is 0.262 e. The molecule has 0 bridgehead atoms. The molecule has 7 nitrogen and oxygen atoms in total. The van der Waals surface area contributed by atoms with Crippen molar-refractivity contribution >= 4 is 49.6 Å². The van der Waals surface area contributed by atoms with E-state index in [1.165, 1.54) is 34.5 Å². The van der Waals surface area contributed by atoms with Crippen LogP contribution in [0, 0.1) is 0 Å². The monoisotopic (exact) mass is 434 g/mol. The molecule has 1 amide bonds. The number of thiophene rings is 1. The largest absolute Gasteiger partial charge is 0.507 e. The van der Waals surface area contributed by atoms with Crippen LogP contribution in [0.4, 0.5) is 0 Å². The fourth-order valence-electron chi connectivity index (χ4n) is 2.29. The number of aryl methyl sites for hydroxylation is 1. The summed E-state index contributed by atoms with van der Waals surface area (Å²) >= 11 is 4.77. The van der Waals surface area contributed by atoms with E-state index >= 15 is 0 Å². The number of hydrazone groups is 1. The number of aromatic nitrogens is 2. The Labute approximate surface area is 161 Å². The molecular formula is C17H15BrN4O3S. The number of fused-ring (bicyclic) bond motifs is 1. The number of phenolic OH excluding ortho intramolecular Hbond substituents is 1. The van der Waals surface area contributed by atoms with Gasteiger partial charge in [0.25, 0.3) is 11.5 Å². The molecule has 3 aromatic rings. The first-order valence-electron chi connectivity index (χ1n) is 7.76. The van der Waals surface area contributed by atoms with E-state index in [9.17, 15) is 14.7 Å². The van der Waals surface area contributed by atoms with Crippen LogP contribution in [0.3, 0.4) is 0 Å². The van der Waals surface area contributed by atoms with Crippen molar-refractivity contribution < 1.29 is 9.90 Å². The van der Waals surface area contributed by atoms with E-state index in [0.29, 0.717) is 15.8 Å². The van der Waals surface area contributed by atoms with Crippen molar-refractivity contribution in [1.82, 2.24) is 15.0 Å². The first-order chi connectivity index (χ1) is 12.5. The Hall–Kier alpha value is -2.52. The van der Waals surface area contributed by atoms with E-state index in [0.717, 1.165) is 15.8 Å². The van der Waals surface area contributed by atoms with Gasteiger partial charge in [0, 0.05) is 14.9 Å². The van der Waals surface area contributed by atoms with Crippen LogP contribution in [0.15, 0.2) is 45.0 Å². The lowest BCUT2D eigenvalue weighted by Gasteiger charge is -2.04. The minimum atomic E-state index is -0.468. The predicted molar refractivity (Wildman–Crippen MR) is 105 cm³/mol. The van der Waals surface area contributed by atoms with E-state index in [-0.39, 0.29) is 17.9 Å². The van der Waals surface area contributed by atoms with E-state index in [4.69, 9.17) is 0 Å². The molecule has 26 heavy (non-hydrogen) atoms. The molecule has 0 spiro atoms. The first kappa shape index (κ1) is 18.3. The predicted octanol–water partition coefficient (Wildman–Crippen LogP) is 2.64. The van der Waals surface area contributed by atoms with Crippen molar-refractivity contribution in [3.8, 4) is 5.75 Å². The lowest BCUT2D eigenvalue weighted by molar-refractivity contribution is -0.121. The fourth-order valence-corrected chi connectivity index (χ4v) is 3.59. The highest BCUT2D eigenvalue weighted by Gasteiger charge is 2.10. The Balaban J connectivity index is 1.71. The number of hydrogen-bond donors (Lipinski definition) is 2. The molecule has 1 aromatic carbocycles. The molecule has 0 radical (unpaired) electrons. The summed E-state index contributed by atoms with van der Waals surface area (Å²) in [6.45, 7) is 1.82. The number of carbonyl (C=O) groups excluding carboxylic acids is 1. The highest BCUT2D eigenvalue weighted by Crippen LogP contribution is 2.21. The highest BCUT2D eigenvalue weighted by molar-refractivity contribution is 9.10. The number of phenols is 1. The van der Waals surface area contributed by atoms with Gasteiger partial charge in [-0.1, -0.05) is 22.9 Å². The molecular weight excluding hydrogens is 420 g/mol. The van der Waals surface area contributed by atoms with E-state index < -0.39 is 5.91 Å². The van der Waals surface area contributed by atoms with Gasteiger partial charge in [0.2, 0.25) is 0 Å². The number of rotatable bonds is 5. The Morgan fingerprint density at radius 3 is 3.04 bits per heavy atom. The van der Waals surface area contributed by atoms with Crippen LogP contribution in [0.1, 0.15) is 17.4 Å². The van der Waals surface area contributed by atoms with Crippen molar-refractivity contribution in [1.29, 1.82) is 0 Å². The molecule has 0 unspecified atom stereocenters. The summed E-state index contributed by atoms with van der Waals surface area (Å²) in [6, 6.07) is 6.68. The van der Waals surface area contributed by atoms with Crippen molar-refractivity contribution in [2.75, 3.05) is 0 Å². The molecule has 0 aliphatic carbocycles. The molecule has 2 heterocycles. The Morgan fingerprint density at radius 2 is 2.27 bits per heavy atom. The Kier molecular flexibility index (Phi) is 5.48. The molecule has 0 fully saturated rings. The van der Waals surface area contributed by atoms with Gasteiger partial charge in [-0.2, -0.15) is 5.10 Å². The van der Waals surface area contributed by atoms with Crippen LogP contribution in [-0.2, 0) is 17.8 Å². The van der Waals surface area contributed by atoms with Crippen molar-refractivity contribution in [2.24, 2.45) is 5.10 Å². The number of benzene rings is 1. The molecule has 0 saturated heterocycles. The quantitative estimate of drug-likeness (QED) is 0.476. The summed E-state index contributed by atoms with van der Waals surface area (Å²) < 4.78 is 2.02. The summed E-state index contributed by atoms with van der Waals surface area (Å²) in [6.07, 6.45) is 3.52. The summed E-state index contributed by atoms with van der Waals surface area (Å²) in [5.74, 6) is -0.425. The summed E-state index contributed by atoms with van der Waals surface area (Å²) in [4.78, 5) is 30.5.